The number of para-hydroxylation sites is 1. The highest BCUT2D eigenvalue weighted by atomic mass is 16.7. The van der Waals surface area contributed by atoms with E-state index in [0.29, 0.717) is 29.1 Å². The Labute approximate surface area is 320 Å². The number of carbonyl (C=O) groups excluding carboxylic acids is 1. The largest absolute Gasteiger partial charge is 0.496 e. The minimum absolute atomic E-state index is 0.0756. The Morgan fingerprint density at radius 1 is 1.13 bits per heavy atom. The molecule has 1 saturated heterocycles. The Balaban J connectivity index is 1.43. The van der Waals surface area contributed by atoms with Crippen molar-refractivity contribution in [2.75, 3.05) is 53.4 Å². The second-order valence-electron chi connectivity index (χ2n) is 18.9. The van der Waals surface area contributed by atoms with Crippen LogP contribution in [-0.4, -0.2) is 98.8 Å². The van der Waals surface area contributed by atoms with Gasteiger partial charge in [-0.25, -0.2) is 0 Å². The number of rotatable bonds is 15. The normalized spacial score (nSPS) is 28.0. The van der Waals surface area contributed by atoms with Crippen molar-refractivity contribution in [1.82, 2.24) is 15.3 Å². The number of hydrogen-bond acceptors (Lipinski definition) is 8. The molecule has 2 aromatic carbocycles. The smallest absolute Gasteiger partial charge is 0.240 e. The molecule has 3 N–H and O–H groups in total. The third-order valence-electron chi connectivity index (χ3n) is 12.9. The Bertz CT molecular complexity index is 1550. The van der Waals surface area contributed by atoms with Crippen LogP contribution in [0.3, 0.4) is 0 Å². The summed E-state index contributed by atoms with van der Waals surface area (Å²) in [4.78, 5) is 25.1. The summed E-state index contributed by atoms with van der Waals surface area (Å²) in [6, 6.07) is 12.2. The zero-order valence-electron chi connectivity index (χ0n) is 34.8. The first-order chi connectivity index (χ1) is 24.8. The maximum Gasteiger partial charge on any atom is 0.240 e. The third kappa shape index (κ3) is 9.24. The van der Waals surface area contributed by atoms with Gasteiger partial charge in [0.15, 0.2) is 0 Å². The molecule has 0 unspecified atom stereocenters. The van der Waals surface area contributed by atoms with E-state index in [-0.39, 0.29) is 30.5 Å². The maximum absolute atomic E-state index is 14.3. The number of carbonyl (C=O) groups is 1. The molecule has 53 heavy (non-hydrogen) atoms. The lowest BCUT2D eigenvalue weighted by molar-refractivity contribution is -0.183. The summed E-state index contributed by atoms with van der Waals surface area (Å²) >= 11 is 0. The van der Waals surface area contributed by atoms with Gasteiger partial charge in [-0.2, -0.15) is 5.06 Å². The van der Waals surface area contributed by atoms with Crippen molar-refractivity contribution in [2.45, 2.75) is 111 Å². The minimum atomic E-state index is -0.856. The molecule has 2 aromatic rings. The molecule has 3 aliphatic carbocycles. The maximum atomic E-state index is 14.3. The summed E-state index contributed by atoms with van der Waals surface area (Å²) < 4.78 is 6.17. The first-order valence-corrected chi connectivity index (χ1v) is 20.0. The van der Waals surface area contributed by atoms with Gasteiger partial charge in [-0.15, -0.1) is 0 Å². The van der Waals surface area contributed by atoms with Crippen LogP contribution in [0.15, 0.2) is 36.4 Å². The van der Waals surface area contributed by atoms with Gasteiger partial charge in [0.2, 0.25) is 5.91 Å². The number of nitrogens with one attached hydrogen (secondary N) is 1. The lowest BCUT2D eigenvalue weighted by atomic mass is 9.45. The summed E-state index contributed by atoms with van der Waals surface area (Å²) in [6.45, 7) is 16.7. The van der Waals surface area contributed by atoms with E-state index in [2.05, 4.69) is 109 Å². The summed E-state index contributed by atoms with van der Waals surface area (Å²) in [7, 11) is 10.2. The van der Waals surface area contributed by atoms with Crippen LogP contribution in [0.5, 0.6) is 5.75 Å². The zero-order chi connectivity index (χ0) is 39.0. The van der Waals surface area contributed by atoms with Gasteiger partial charge in [0.25, 0.3) is 0 Å². The number of anilines is 1. The van der Waals surface area contributed by atoms with Crippen LogP contribution in [0.2, 0.25) is 0 Å². The number of aliphatic hydroxyl groups excluding tert-OH is 2. The fourth-order valence-electron chi connectivity index (χ4n) is 10.1. The topological polar surface area (TPSA) is 97.7 Å². The average Bonchev–Trinajstić information content (AvgIpc) is 3.45. The van der Waals surface area contributed by atoms with Gasteiger partial charge in [-0.05, 0) is 111 Å². The molecule has 4 fully saturated rings. The SMILES string of the molecule is COc1c(CN2O[C@@H](CO)[C@H]([C@H](C)O)[C@H]2C(=O)N[C@H]2C[C@H]3C[C@@H]([C@@H]2C)C3(C)C)cccc1-c1cc(CC[C@H](CN(C)C)CC(C)(C)C)cc(N(C)C)c1. The molecule has 9 heteroatoms. The first-order valence-electron chi connectivity index (χ1n) is 20.0. The fraction of sp³-hybridized carbons (Fsp3) is 0.705. The number of aliphatic hydroxyl groups is 2. The lowest BCUT2D eigenvalue weighted by Gasteiger charge is -2.62. The standard InChI is InChI=1S/C44H70N4O5/c1-27-36-21-33(44(36,6)7)22-37(27)45-42(51)40-39(28(2)50)38(26-49)53-48(40)25-31-14-13-15-35(41(31)52-12)32-18-29(19-34(20-32)47(10)11)16-17-30(24-46(8)9)23-43(3,4)5/h13-15,18-20,27-28,30,33,36-40,49-50H,16-17,21-26H2,1-12H3,(H,45,51)/t27-,28-,30-,33+,36-,37-,38-,39-,40-/m0/s1. The monoisotopic (exact) mass is 735 g/mol. The van der Waals surface area contributed by atoms with Gasteiger partial charge in [-0.1, -0.05) is 65.8 Å². The molecule has 1 amide bonds. The van der Waals surface area contributed by atoms with Crippen LogP contribution in [0.1, 0.15) is 85.3 Å². The highest BCUT2D eigenvalue weighted by Crippen LogP contribution is 2.61. The van der Waals surface area contributed by atoms with Crippen molar-refractivity contribution in [1.29, 1.82) is 0 Å². The first kappa shape index (κ1) is 41.5. The van der Waals surface area contributed by atoms with Crippen molar-refractivity contribution < 1.29 is 24.6 Å². The molecular formula is C44H70N4O5. The Hall–Kier alpha value is -2.69. The Morgan fingerprint density at radius 2 is 1.85 bits per heavy atom. The van der Waals surface area contributed by atoms with E-state index in [4.69, 9.17) is 9.57 Å². The molecule has 0 aromatic heterocycles. The summed E-state index contributed by atoms with van der Waals surface area (Å²) in [6.07, 6.45) is 3.88. The second kappa shape index (κ2) is 16.6. The highest BCUT2D eigenvalue weighted by molar-refractivity contribution is 5.83. The van der Waals surface area contributed by atoms with Crippen LogP contribution in [0.4, 0.5) is 5.69 Å². The van der Waals surface area contributed by atoms with Gasteiger partial charge in [0, 0.05) is 49.4 Å². The molecule has 9 nitrogen and oxygen atoms in total. The predicted molar refractivity (Wildman–Crippen MR) is 215 cm³/mol. The van der Waals surface area contributed by atoms with Crippen LogP contribution < -0.4 is 15.0 Å². The average molecular weight is 735 g/mol. The molecule has 1 aliphatic heterocycles. The van der Waals surface area contributed by atoms with Crippen LogP contribution >= 0.6 is 0 Å². The van der Waals surface area contributed by atoms with Crippen molar-refractivity contribution in [3.63, 3.8) is 0 Å². The number of hydroxylamine groups is 2. The lowest BCUT2D eigenvalue weighted by Crippen LogP contribution is -2.62. The molecule has 9 atom stereocenters. The van der Waals surface area contributed by atoms with E-state index in [1.165, 1.54) is 18.4 Å². The highest BCUT2D eigenvalue weighted by Gasteiger charge is 2.57. The van der Waals surface area contributed by atoms with E-state index in [1.807, 2.05) is 12.1 Å². The van der Waals surface area contributed by atoms with E-state index in [0.717, 1.165) is 53.9 Å². The molecule has 296 valence electrons. The van der Waals surface area contributed by atoms with E-state index in [1.54, 1.807) is 19.1 Å². The van der Waals surface area contributed by atoms with E-state index >= 15 is 0 Å². The predicted octanol–water partition coefficient (Wildman–Crippen LogP) is 6.64. The summed E-state index contributed by atoms with van der Waals surface area (Å²) in [5.41, 5.74) is 5.91. The number of ether oxygens (including phenoxy) is 1. The number of fused-ring (bicyclic) bond motifs is 2. The molecule has 4 aliphatic rings. The number of methoxy groups -OCH3 is 1. The van der Waals surface area contributed by atoms with Gasteiger partial charge < -0.3 is 30.1 Å². The molecule has 3 saturated carbocycles. The molecule has 0 spiro atoms. The van der Waals surface area contributed by atoms with Crippen molar-refractivity contribution in [3.05, 3.63) is 47.5 Å². The Kier molecular flexibility index (Phi) is 13.0. The molecule has 0 radical (unpaired) electrons. The number of hydrogen-bond donors (Lipinski definition) is 3. The number of nitrogens with zero attached hydrogens (tertiary/aromatic N) is 3. The fourth-order valence-corrected chi connectivity index (χ4v) is 10.1. The van der Waals surface area contributed by atoms with Crippen LogP contribution in [0, 0.1) is 40.4 Å². The molecule has 6 rings (SSSR count). The second-order valence-corrected chi connectivity index (χ2v) is 18.9. The number of amides is 1. The van der Waals surface area contributed by atoms with Gasteiger partial charge in [0.05, 0.1) is 26.4 Å². The number of benzene rings is 2. The number of aryl methyl sites for hydroxylation is 1. The van der Waals surface area contributed by atoms with Crippen molar-refractivity contribution in [3.8, 4) is 16.9 Å². The Morgan fingerprint density at radius 3 is 2.42 bits per heavy atom. The van der Waals surface area contributed by atoms with Gasteiger partial charge in [0.1, 0.15) is 17.9 Å². The van der Waals surface area contributed by atoms with Gasteiger partial charge in [-0.3, -0.25) is 9.63 Å². The van der Waals surface area contributed by atoms with E-state index in [9.17, 15) is 15.0 Å². The quantitative estimate of drug-likeness (QED) is 0.188. The molecular weight excluding hydrogens is 665 g/mol. The van der Waals surface area contributed by atoms with E-state index < -0.39 is 24.2 Å². The third-order valence-corrected chi connectivity index (χ3v) is 12.9. The van der Waals surface area contributed by atoms with Crippen molar-refractivity contribution >= 4 is 11.6 Å². The van der Waals surface area contributed by atoms with Crippen LogP contribution in [-0.2, 0) is 22.6 Å². The minimum Gasteiger partial charge on any atom is -0.496 e. The van der Waals surface area contributed by atoms with Crippen molar-refractivity contribution in [2.24, 2.45) is 40.4 Å². The molecule has 1 heterocycles. The van der Waals surface area contributed by atoms with Crippen LogP contribution in [0.25, 0.3) is 11.1 Å². The molecule has 2 bridgehead atoms. The summed E-state index contributed by atoms with van der Waals surface area (Å²) in [5.74, 6) is 2.12. The zero-order valence-corrected chi connectivity index (χ0v) is 34.8. The summed E-state index contributed by atoms with van der Waals surface area (Å²) in [5, 5.41) is 26.4. The van der Waals surface area contributed by atoms with Gasteiger partial charge >= 0.3 is 0 Å².